The summed E-state index contributed by atoms with van der Waals surface area (Å²) >= 11 is 6.05. The average Bonchev–Trinajstić information content (AvgIpc) is 3.43. The maximum Gasteiger partial charge on any atom is 0.416 e. The zero-order valence-corrected chi connectivity index (χ0v) is 28.0. The number of fused-ring (bicyclic) bond motifs is 1. The van der Waals surface area contributed by atoms with Crippen molar-refractivity contribution < 1.29 is 32.2 Å². The lowest BCUT2D eigenvalue weighted by molar-refractivity contribution is -0.150. The third-order valence-electron chi connectivity index (χ3n) is 8.39. The second kappa shape index (κ2) is 14.0. The number of ketones is 1. The molecule has 47 heavy (non-hydrogen) atoms. The number of esters is 1. The molecule has 1 aliphatic rings. The van der Waals surface area contributed by atoms with Gasteiger partial charge in [-0.05, 0) is 85.0 Å². The van der Waals surface area contributed by atoms with E-state index >= 15 is 0 Å². The number of aromatic nitrogens is 3. The monoisotopic (exact) mass is 685 g/mol. The van der Waals surface area contributed by atoms with Crippen molar-refractivity contribution in [3.05, 3.63) is 98.8 Å². The molecule has 1 aromatic heterocycles. The fourth-order valence-electron chi connectivity index (χ4n) is 5.81. The fraction of sp³-hybridized carbons (Fsp3) is 0.382. The molecule has 3 atom stereocenters. The molecule has 0 aliphatic heterocycles. The van der Waals surface area contributed by atoms with E-state index in [4.69, 9.17) is 21.1 Å². The average molecular weight is 686 g/mol. The summed E-state index contributed by atoms with van der Waals surface area (Å²) in [5.74, 6) is -2.36. The summed E-state index contributed by atoms with van der Waals surface area (Å²) in [7, 11) is -1.53. The van der Waals surface area contributed by atoms with E-state index in [-0.39, 0.29) is 36.4 Å². The Labute approximate surface area is 275 Å². The summed E-state index contributed by atoms with van der Waals surface area (Å²) in [6.45, 7) is 6.87. The van der Waals surface area contributed by atoms with Crippen LogP contribution in [-0.4, -0.2) is 41.4 Å². The van der Waals surface area contributed by atoms with E-state index in [1.54, 1.807) is 36.4 Å². The smallest absolute Gasteiger partial charge is 0.416 e. The van der Waals surface area contributed by atoms with Gasteiger partial charge in [-0.1, -0.05) is 48.6 Å². The number of carbonyl (C=O) groups is 2. The number of hydrogen-bond donors (Lipinski definition) is 0. The van der Waals surface area contributed by atoms with Gasteiger partial charge in [-0.3, -0.25) is 14.4 Å². The highest BCUT2D eigenvalue weighted by molar-refractivity contribution is 6.76. The van der Waals surface area contributed by atoms with Gasteiger partial charge >= 0.3 is 12.1 Å². The van der Waals surface area contributed by atoms with E-state index in [9.17, 15) is 27.6 Å². The van der Waals surface area contributed by atoms with Gasteiger partial charge in [0.1, 0.15) is 17.9 Å². The summed E-state index contributed by atoms with van der Waals surface area (Å²) in [4.78, 5) is 40.7. The molecule has 0 amide bonds. The molecule has 0 radical (unpaired) electrons. The zero-order valence-electron chi connectivity index (χ0n) is 26.2. The third-order valence-corrected chi connectivity index (χ3v) is 10.3. The van der Waals surface area contributed by atoms with Gasteiger partial charge in [0.25, 0.3) is 5.56 Å². The van der Waals surface area contributed by atoms with Crippen LogP contribution in [0.15, 0.2) is 71.5 Å². The molecular weight excluding hydrogens is 651 g/mol. The quantitative estimate of drug-likeness (QED) is 0.0919. The Kier molecular flexibility index (Phi) is 10.2. The largest absolute Gasteiger partial charge is 0.489 e. The summed E-state index contributed by atoms with van der Waals surface area (Å²) in [6.07, 6.45) is -3.88. The molecule has 1 fully saturated rings. The topological polar surface area (TPSA) is 100 Å². The highest BCUT2D eigenvalue weighted by Gasteiger charge is 2.46. The first kappa shape index (κ1) is 34.3. The molecule has 3 unspecified atom stereocenters. The number of alkyl halides is 3. The van der Waals surface area contributed by atoms with Crippen LogP contribution in [0.2, 0.25) is 30.7 Å². The van der Waals surface area contributed by atoms with Crippen LogP contribution in [0.5, 0.6) is 5.75 Å². The zero-order chi connectivity index (χ0) is 33.9. The van der Waals surface area contributed by atoms with Crippen molar-refractivity contribution in [3.63, 3.8) is 0 Å². The van der Waals surface area contributed by atoms with E-state index in [0.29, 0.717) is 29.2 Å². The second-order valence-corrected chi connectivity index (χ2v) is 19.1. The summed E-state index contributed by atoms with van der Waals surface area (Å²) in [5.41, 5.74) is -0.414. The van der Waals surface area contributed by atoms with Crippen molar-refractivity contribution in [1.82, 2.24) is 15.0 Å². The molecule has 3 aromatic carbocycles. The van der Waals surface area contributed by atoms with Gasteiger partial charge in [0, 0.05) is 24.6 Å². The first-order chi connectivity index (χ1) is 22.2. The van der Waals surface area contributed by atoms with Gasteiger partial charge in [0.2, 0.25) is 0 Å². The Balaban J connectivity index is 1.36. The molecule has 248 valence electrons. The van der Waals surface area contributed by atoms with Gasteiger partial charge in [-0.2, -0.15) is 13.2 Å². The van der Waals surface area contributed by atoms with Crippen LogP contribution in [0.4, 0.5) is 13.2 Å². The Morgan fingerprint density at radius 1 is 1.02 bits per heavy atom. The number of halogens is 4. The van der Waals surface area contributed by atoms with Crippen molar-refractivity contribution in [2.24, 2.45) is 17.8 Å². The Bertz CT molecular complexity index is 1830. The molecule has 4 aromatic rings. The van der Waals surface area contributed by atoms with Crippen LogP contribution in [0.1, 0.15) is 34.3 Å². The lowest BCUT2D eigenvalue weighted by Crippen LogP contribution is -2.36. The van der Waals surface area contributed by atoms with Crippen LogP contribution >= 0.6 is 11.6 Å². The van der Waals surface area contributed by atoms with Crippen molar-refractivity contribution in [2.75, 3.05) is 6.61 Å². The van der Waals surface area contributed by atoms with Crippen molar-refractivity contribution in [2.45, 2.75) is 57.9 Å². The van der Waals surface area contributed by atoms with E-state index < -0.39 is 49.1 Å². The second-order valence-electron chi connectivity index (χ2n) is 13.1. The molecular formula is C34H35ClF3N3O5Si. The van der Waals surface area contributed by atoms with E-state index in [1.807, 2.05) is 12.1 Å². The molecule has 0 spiro atoms. The Hall–Kier alpha value is -4.03. The minimum Gasteiger partial charge on any atom is -0.489 e. The minimum absolute atomic E-state index is 0.0287. The first-order valence-corrected chi connectivity index (χ1v) is 19.4. The number of carbonyl (C=O) groups excluding carboxylic acids is 2. The normalized spacial score (nSPS) is 18.3. The van der Waals surface area contributed by atoms with Crippen molar-refractivity contribution >= 4 is 42.3 Å². The summed E-state index contributed by atoms with van der Waals surface area (Å²) in [5, 5.41) is 8.27. The van der Waals surface area contributed by atoms with E-state index in [0.717, 1.165) is 34.5 Å². The van der Waals surface area contributed by atoms with Crippen LogP contribution in [0.3, 0.4) is 0 Å². The van der Waals surface area contributed by atoms with Gasteiger partial charge in [-0.15, -0.1) is 5.10 Å². The van der Waals surface area contributed by atoms with Crippen LogP contribution in [-0.2, 0) is 28.9 Å². The standard InChI is InChI=1S/C34H35ClF3N3O5Si/c1-47(2,3)16-15-45-33(44)30-23(19-41-32(43)28-18-24(34(36,37)38)10-14-29(28)39-40-41)9-13-27(30)31(42)22-7-11-26(12-8-22)46-20-21-5-4-6-25(35)17-21/h4-8,10-12,14,17-18,23,27,30H,9,13,15-16,19-20H2,1-3H3. The van der Waals surface area contributed by atoms with Gasteiger partial charge in [-0.25, -0.2) is 4.68 Å². The fourth-order valence-corrected chi connectivity index (χ4v) is 6.74. The lowest BCUT2D eigenvalue weighted by atomic mass is 9.84. The molecule has 0 saturated heterocycles. The van der Waals surface area contributed by atoms with Gasteiger partial charge in [0.05, 0.1) is 30.0 Å². The SMILES string of the molecule is C[Si](C)(C)CCOC(=O)C1C(Cn2nnc3ccc(C(F)(F)F)cc3c2=O)CCC1C(=O)c1ccc(OCc2cccc(Cl)c2)cc1. The molecule has 0 bridgehead atoms. The summed E-state index contributed by atoms with van der Waals surface area (Å²) in [6, 6.07) is 17.4. The number of ether oxygens (including phenoxy) is 2. The maximum atomic E-state index is 13.8. The molecule has 13 heteroatoms. The lowest BCUT2D eigenvalue weighted by Gasteiger charge is -2.24. The van der Waals surface area contributed by atoms with E-state index in [2.05, 4.69) is 30.0 Å². The predicted octanol–water partition coefficient (Wildman–Crippen LogP) is 7.45. The van der Waals surface area contributed by atoms with Crippen LogP contribution < -0.4 is 10.3 Å². The molecule has 8 nitrogen and oxygen atoms in total. The molecule has 1 aliphatic carbocycles. The number of Topliss-reactive ketones (excluding diaryl/α,β-unsaturated/α-hetero) is 1. The number of rotatable bonds is 11. The molecule has 1 heterocycles. The first-order valence-electron chi connectivity index (χ1n) is 15.3. The minimum atomic E-state index is -4.64. The number of nitrogens with zero attached hydrogens (tertiary/aromatic N) is 3. The van der Waals surface area contributed by atoms with Crippen molar-refractivity contribution in [1.29, 1.82) is 0 Å². The number of benzene rings is 3. The van der Waals surface area contributed by atoms with Crippen LogP contribution in [0.25, 0.3) is 10.9 Å². The highest BCUT2D eigenvalue weighted by atomic mass is 35.5. The summed E-state index contributed by atoms with van der Waals surface area (Å²) < 4.78 is 52.6. The Morgan fingerprint density at radius 2 is 1.77 bits per heavy atom. The number of hydrogen-bond acceptors (Lipinski definition) is 7. The predicted molar refractivity (Wildman–Crippen MR) is 174 cm³/mol. The maximum absolute atomic E-state index is 13.8. The van der Waals surface area contributed by atoms with Crippen molar-refractivity contribution in [3.8, 4) is 5.75 Å². The molecule has 1 saturated carbocycles. The molecule has 5 rings (SSSR count). The van der Waals surface area contributed by atoms with E-state index in [1.165, 1.54) is 0 Å². The Morgan fingerprint density at radius 3 is 2.45 bits per heavy atom. The molecule has 0 N–H and O–H groups in total. The van der Waals surface area contributed by atoms with Gasteiger partial charge < -0.3 is 9.47 Å². The van der Waals surface area contributed by atoms with Gasteiger partial charge in [0.15, 0.2) is 5.78 Å². The highest BCUT2D eigenvalue weighted by Crippen LogP contribution is 2.41. The van der Waals surface area contributed by atoms with Crippen LogP contribution in [0, 0.1) is 17.8 Å². The third kappa shape index (κ3) is 8.47.